The second-order valence-corrected chi connectivity index (χ2v) is 2.83. The highest BCUT2D eigenvalue weighted by atomic mass is 16.3. The highest BCUT2D eigenvalue weighted by Crippen LogP contribution is 2.15. The monoisotopic (exact) mass is 141 g/mol. The Kier molecular flexibility index (Phi) is 3.16. The summed E-state index contributed by atoms with van der Waals surface area (Å²) in [5.74, 6) is 0. The highest BCUT2D eigenvalue weighted by molar-refractivity contribution is 4.76. The zero-order valence-electron chi connectivity index (χ0n) is 6.29. The molecule has 1 rings (SSSR count). The third kappa shape index (κ3) is 1.70. The minimum Gasteiger partial charge on any atom is -0.395 e. The van der Waals surface area contributed by atoms with Crippen molar-refractivity contribution in [1.82, 2.24) is 4.90 Å². The maximum Gasteiger partial charge on any atom is 0.0586 e. The van der Waals surface area contributed by atoms with Crippen molar-refractivity contribution in [3.63, 3.8) is 0 Å². The van der Waals surface area contributed by atoms with Crippen molar-refractivity contribution in [2.24, 2.45) is 0 Å². The molecule has 1 aliphatic heterocycles. The highest BCUT2D eigenvalue weighted by Gasteiger charge is 2.19. The van der Waals surface area contributed by atoms with Crippen LogP contribution in [0.2, 0.25) is 0 Å². The van der Waals surface area contributed by atoms with Crippen molar-refractivity contribution in [2.75, 3.05) is 19.7 Å². The third-order valence-electron chi connectivity index (χ3n) is 2.19. The predicted octanol–water partition coefficient (Wildman–Crippen LogP) is 0.544. The van der Waals surface area contributed by atoms with Gasteiger partial charge in [-0.1, -0.05) is 6.42 Å². The van der Waals surface area contributed by atoms with Crippen LogP contribution in [0.15, 0.2) is 0 Å². The fourth-order valence-electron chi connectivity index (χ4n) is 1.51. The van der Waals surface area contributed by atoms with Gasteiger partial charge in [0.2, 0.25) is 0 Å². The summed E-state index contributed by atoms with van der Waals surface area (Å²) in [6, 6.07) is 0.332. The Hall–Kier alpha value is -0.0800. The zero-order chi connectivity index (χ0) is 7.40. The fraction of sp³-hybridized carbons (Fsp3) is 0.875. The quantitative estimate of drug-likeness (QED) is 0.607. The van der Waals surface area contributed by atoms with Gasteiger partial charge in [0.1, 0.15) is 0 Å². The molecular weight excluding hydrogens is 126 g/mol. The predicted molar refractivity (Wildman–Crippen MR) is 40.6 cm³/mol. The molecule has 0 amide bonds. The Labute approximate surface area is 62.8 Å². The summed E-state index contributed by atoms with van der Waals surface area (Å²) in [6.07, 6.45) is 3.57. The second kappa shape index (κ2) is 3.94. The second-order valence-electron chi connectivity index (χ2n) is 2.83. The van der Waals surface area contributed by atoms with Gasteiger partial charge in [-0.3, -0.25) is 4.90 Å². The molecule has 0 aromatic carbocycles. The summed E-state index contributed by atoms with van der Waals surface area (Å²) in [6.45, 7) is 7.39. The molecule has 2 radical (unpaired) electrons. The molecule has 1 fully saturated rings. The molecule has 1 unspecified atom stereocenters. The number of aliphatic hydroxyl groups is 1. The first-order valence-electron chi connectivity index (χ1n) is 3.93. The van der Waals surface area contributed by atoms with Crippen molar-refractivity contribution in [3.8, 4) is 0 Å². The molecule has 1 heterocycles. The Balaban J connectivity index is 2.34. The van der Waals surface area contributed by atoms with Crippen LogP contribution >= 0.6 is 0 Å². The van der Waals surface area contributed by atoms with E-state index in [0.29, 0.717) is 12.6 Å². The average Bonchev–Trinajstić information content (AvgIpc) is 2.04. The van der Waals surface area contributed by atoms with Crippen molar-refractivity contribution >= 4 is 0 Å². The lowest BCUT2D eigenvalue weighted by molar-refractivity contribution is 0.100. The van der Waals surface area contributed by atoms with Gasteiger partial charge in [-0.05, 0) is 26.3 Å². The van der Waals surface area contributed by atoms with Crippen molar-refractivity contribution in [3.05, 3.63) is 6.92 Å². The lowest BCUT2D eigenvalue weighted by Crippen LogP contribution is -2.41. The minimum absolute atomic E-state index is 0.261. The normalized spacial score (nSPS) is 28.8. The first-order valence-corrected chi connectivity index (χ1v) is 3.93. The van der Waals surface area contributed by atoms with Gasteiger partial charge in [-0.2, -0.15) is 0 Å². The maximum atomic E-state index is 8.90. The molecule has 58 valence electrons. The van der Waals surface area contributed by atoms with Crippen LogP contribution in [-0.2, 0) is 0 Å². The van der Waals surface area contributed by atoms with Gasteiger partial charge in [0.05, 0.1) is 6.61 Å². The van der Waals surface area contributed by atoms with E-state index in [0.717, 1.165) is 13.0 Å². The molecule has 1 aliphatic rings. The molecule has 2 nitrogen and oxygen atoms in total. The van der Waals surface area contributed by atoms with E-state index in [4.69, 9.17) is 12.0 Å². The van der Waals surface area contributed by atoms with Crippen LogP contribution in [-0.4, -0.2) is 35.7 Å². The van der Waals surface area contributed by atoms with E-state index in [9.17, 15) is 0 Å². The van der Waals surface area contributed by atoms with E-state index in [1.165, 1.54) is 12.8 Å². The summed E-state index contributed by atoms with van der Waals surface area (Å²) >= 11 is 0. The van der Waals surface area contributed by atoms with Gasteiger partial charge in [0, 0.05) is 12.6 Å². The topological polar surface area (TPSA) is 23.5 Å². The van der Waals surface area contributed by atoms with Gasteiger partial charge >= 0.3 is 0 Å². The average molecular weight is 141 g/mol. The number of hydrogen-bond donors (Lipinski definition) is 1. The van der Waals surface area contributed by atoms with E-state index < -0.39 is 0 Å². The first-order chi connectivity index (χ1) is 4.88. The number of nitrogens with zero attached hydrogens (tertiary/aromatic N) is 1. The molecule has 0 aliphatic carbocycles. The summed E-state index contributed by atoms with van der Waals surface area (Å²) in [7, 11) is 0. The van der Waals surface area contributed by atoms with E-state index in [1.54, 1.807) is 0 Å². The minimum atomic E-state index is 0.261. The fourth-order valence-corrected chi connectivity index (χ4v) is 1.51. The molecule has 1 atom stereocenters. The van der Waals surface area contributed by atoms with Crippen molar-refractivity contribution < 1.29 is 5.11 Å². The van der Waals surface area contributed by atoms with Crippen molar-refractivity contribution in [1.29, 1.82) is 0 Å². The smallest absolute Gasteiger partial charge is 0.0586 e. The standard InChI is InChI=1S/C8H15NO/c1-2-9-6-4-3-5-8(9)7-10/h1,8,10H,2-7H2. The van der Waals surface area contributed by atoms with E-state index >= 15 is 0 Å². The maximum absolute atomic E-state index is 8.90. The molecule has 0 spiro atoms. The SMILES string of the molecule is [CH]CN1CCCCC1CO. The molecule has 1 N–H and O–H groups in total. The molecule has 10 heavy (non-hydrogen) atoms. The van der Waals surface area contributed by atoms with Gasteiger partial charge in [0.15, 0.2) is 0 Å². The molecule has 2 heteroatoms. The summed E-state index contributed by atoms with van der Waals surface area (Å²) in [5.41, 5.74) is 0. The Morgan fingerprint density at radius 1 is 1.50 bits per heavy atom. The summed E-state index contributed by atoms with van der Waals surface area (Å²) < 4.78 is 0. The lowest BCUT2D eigenvalue weighted by atomic mass is 10.0. The van der Waals surface area contributed by atoms with E-state index in [2.05, 4.69) is 4.90 Å². The van der Waals surface area contributed by atoms with Gasteiger partial charge in [0.25, 0.3) is 0 Å². The number of hydrogen-bond acceptors (Lipinski definition) is 2. The molecule has 0 aromatic rings. The van der Waals surface area contributed by atoms with Crippen LogP contribution in [0, 0.1) is 6.92 Å². The van der Waals surface area contributed by atoms with Crippen LogP contribution in [0.3, 0.4) is 0 Å². The molecular formula is C8H15NO. The molecule has 0 aromatic heterocycles. The number of rotatable bonds is 2. The first kappa shape index (κ1) is 8.02. The summed E-state index contributed by atoms with van der Waals surface area (Å²) in [5, 5.41) is 8.90. The lowest BCUT2D eigenvalue weighted by Gasteiger charge is -2.33. The van der Waals surface area contributed by atoms with Crippen molar-refractivity contribution in [2.45, 2.75) is 25.3 Å². The Bertz CT molecular complexity index is 83.3. The van der Waals surface area contributed by atoms with E-state index in [-0.39, 0.29) is 6.61 Å². The van der Waals surface area contributed by atoms with Gasteiger partial charge < -0.3 is 5.11 Å². The van der Waals surface area contributed by atoms with Crippen LogP contribution in [0.1, 0.15) is 19.3 Å². The van der Waals surface area contributed by atoms with Gasteiger partial charge in [-0.15, -0.1) is 0 Å². The third-order valence-corrected chi connectivity index (χ3v) is 2.19. The van der Waals surface area contributed by atoms with E-state index in [1.807, 2.05) is 0 Å². The van der Waals surface area contributed by atoms with Crippen LogP contribution in [0.4, 0.5) is 0 Å². The summed E-state index contributed by atoms with van der Waals surface area (Å²) in [4.78, 5) is 2.14. The van der Waals surface area contributed by atoms with Crippen LogP contribution in [0.5, 0.6) is 0 Å². The molecule has 0 bridgehead atoms. The zero-order valence-corrected chi connectivity index (χ0v) is 6.29. The molecule has 0 saturated carbocycles. The van der Waals surface area contributed by atoms with Crippen LogP contribution in [0.25, 0.3) is 0 Å². The Morgan fingerprint density at radius 3 is 2.80 bits per heavy atom. The van der Waals surface area contributed by atoms with Gasteiger partial charge in [-0.25, -0.2) is 0 Å². The number of likely N-dealkylation sites (tertiary alicyclic amines) is 1. The molecule has 1 saturated heterocycles. The number of piperidine rings is 1. The number of aliphatic hydroxyl groups excluding tert-OH is 1. The largest absolute Gasteiger partial charge is 0.395 e. The van der Waals surface area contributed by atoms with Crippen LogP contribution < -0.4 is 0 Å². The Morgan fingerprint density at radius 2 is 2.30 bits per heavy atom.